The smallest absolute Gasteiger partial charge is 0.355 e. The number of rotatable bonds is 12. The maximum Gasteiger partial charge on any atom is 0.355 e. The van der Waals surface area contributed by atoms with E-state index in [0.29, 0.717) is 34.1 Å². The molecule has 2 atom stereocenters. The predicted molar refractivity (Wildman–Crippen MR) is 168 cm³/mol. The third-order valence-electron chi connectivity index (χ3n) is 5.52. The molecule has 0 spiro atoms. The molecular formula is C30H42N4O6S2. The van der Waals surface area contributed by atoms with Crippen LogP contribution < -0.4 is 0 Å². The Kier molecular flexibility index (Phi) is 12.4. The molecule has 0 aliphatic heterocycles. The topological polar surface area (TPSA) is 120 Å². The van der Waals surface area contributed by atoms with Gasteiger partial charge in [0.2, 0.25) is 11.4 Å². The van der Waals surface area contributed by atoms with Gasteiger partial charge in [-0.2, -0.15) is 10.2 Å². The van der Waals surface area contributed by atoms with Gasteiger partial charge in [-0.1, -0.05) is 48.7 Å². The quantitative estimate of drug-likeness (QED) is 0.0935. The maximum atomic E-state index is 12.5. The van der Waals surface area contributed by atoms with Gasteiger partial charge in [-0.3, -0.25) is 0 Å². The van der Waals surface area contributed by atoms with Crippen molar-refractivity contribution in [2.75, 3.05) is 0 Å². The molecule has 0 radical (unpaired) electrons. The fourth-order valence-electron chi connectivity index (χ4n) is 3.30. The molecule has 0 saturated carbocycles. The molecule has 0 saturated heterocycles. The molecule has 12 heteroatoms. The Morgan fingerprint density at radius 1 is 0.667 bits per heavy atom. The second kappa shape index (κ2) is 14.9. The number of allylic oxidation sites excluding steroid dienone is 8. The Bertz CT molecular complexity index is 1130. The second-order valence-corrected chi connectivity index (χ2v) is 13.4. The van der Waals surface area contributed by atoms with Gasteiger partial charge in [0.25, 0.3) is 0 Å². The lowest BCUT2D eigenvalue weighted by Gasteiger charge is -2.28. The molecule has 0 aromatic heterocycles. The first-order valence-electron chi connectivity index (χ1n) is 13.9. The zero-order chi connectivity index (χ0) is 31.6. The van der Waals surface area contributed by atoms with Crippen molar-refractivity contribution in [2.45, 2.75) is 116 Å². The summed E-state index contributed by atoms with van der Waals surface area (Å²) in [7, 11) is 0. The summed E-state index contributed by atoms with van der Waals surface area (Å²) in [5.41, 5.74) is -3.31. The van der Waals surface area contributed by atoms with E-state index in [4.69, 9.17) is 43.7 Å². The van der Waals surface area contributed by atoms with Gasteiger partial charge in [0.15, 0.2) is 0 Å². The Labute approximate surface area is 259 Å². The average molecular weight is 619 g/mol. The van der Waals surface area contributed by atoms with Crippen molar-refractivity contribution >= 4 is 46.1 Å². The first-order chi connectivity index (χ1) is 19.4. The minimum atomic E-state index is -1.20. The fraction of sp³-hybridized carbons (Fsp3) is 0.600. The summed E-state index contributed by atoms with van der Waals surface area (Å²) in [5.74, 6) is -0.532. The van der Waals surface area contributed by atoms with Crippen LogP contribution in [0.3, 0.4) is 0 Å². The molecule has 0 amide bonds. The van der Waals surface area contributed by atoms with Crippen molar-refractivity contribution < 1.29 is 28.8 Å². The standard InChI is InChI=1S/C30H42N4O6S2/c1-27(2,3)31-33-29(7,37-21-13-9-11-15-23(21)41)19-17-25(35)39-40-26(36)18-20-30(8,34-32-28(4,5)6)38-22-14-10-12-16-24(22)42/h9-14H,15-20H2,1-8H3. The van der Waals surface area contributed by atoms with Crippen LogP contribution in [0, 0.1) is 0 Å². The second-order valence-electron chi connectivity index (χ2n) is 12.4. The zero-order valence-electron chi connectivity index (χ0n) is 25.8. The van der Waals surface area contributed by atoms with E-state index in [1.807, 2.05) is 65.8 Å². The lowest BCUT2D eigenvalue weighted by molar-refractivity contribution is -0.260. The summed E-state index contributed by atoms with van der Waals surface area (Å²) in [6.45, 7) is 14.8. The third-order valence-corrected chi connectivity index (χ3v) is 6.26. The molecule has 0 bridgehead atoms. The highest BCUT2D eigenvalue weighted by atomic mass is 32.1. The number of azo groups is 2. The van der Waals surface area contributed by atoms with Gasteiger partial charge in [0.05, 0.1) is 33.6 Å². The Balaban J connectivity index is 1.98. The predicted octanol–water partition coefficient (Wildman–Crippen LogP) is 7.94. The fourth-order valence-corrected chi connectivity index (χ4v) is 3.71. The molecule has 0 heterocycles. The highest BCUT2D eigenvalue weighted by molar-refractivity contribution is 7.81. The lowest BCUT2D eigenvalue weighted by atomic mass is 10.1. The Hall–Kier alpha value is -3.12. The highest BCUT2D eigenvalue weighted by Gasteiger charge is 2.33. The summed E-state index contributed by atoms with van der Waals surface area (Å²) in [4.78, 5) is 35.8. The largest absolute Gasteiger partial charge is 0.464 e. The van der Waals surface area contributed by atoms with Crippen LogP contribution in [-0.2, 0) is 28.8 Å². The summed E-state index contributed by atoms with van der Waals surface area (Å²) in [5, 5.41) is 17.4. The van der Waals surface area contributed by atoms with Gasteiger partial charge < -0.3 is 9.47 Å². The Morgan fingerprint density at radius 2 is 1.02 bits per heavy atom. The van der Waals surface area contributed by atoms with Crippen molar-refractivity contribution in [3.8, 4) is 0 Å². The summed E-state index contributed by atoms with van der Waals surface area (Å²) in [6.07, 6.45) is 12.1. The van der Waals surface area contributed by atoms with Crippen LogP contribution >= 0.6 is 24.4 Å². The van der Waals surface area contributed by atoms with Crippen LogP contribution in [-0.4, -0.2) is 44.2 Å². The van der Waals surface area contributed by atoms with E-state index >= 15 is 0 Å². The third kappa shape index (κ3) is 13.2. The van der Waals surface area contributed by atoms with Gasteiger partial charge in [-0.15, -0.1) is 10.2 Å². The molecule has 2 rings (SSSR count). The van der Waals surface area contributed by atoms with Crippen molar-refractivity contribution in [3.05, 3.63) is 48.0 Å². The van der Waals surface area contributed by atoms with Gasteiger partial charge in [-0.05, 0) is 67.5 Å². The minimum absolute atomic E-state index is 0.106. The van der Waals surface area contributed by atoms with Crippen molar-refractivity contribution in [1.29, 1.82) is 0 Å². The first-order valence-corrected chi connectivity index (χ1v) is 14.7. The number of carbonyl (C=O) groups is 2. The van der Waals surface area contributed by atoms with Crippen LogP contribution in [0.4, 0.5) is 0 Å². The lowest BCUT2D eigenvalue weighted by Crippen LogP contribution is -2.30. The van der Waals surface area contributed by atoms with Gasteiger partial charge in [-0.25, -0.2) is 19.4 Å². The average Bonchev–Trinajstić information content (AvgIpc) is 2.89. The Morgan fingerprint density at radius 3 is 1.33 bits per heavy atom. The minimum Gasteiger partial charge on any atom is -0.464 e. The highest BCUT2D eigenvalue weighted by Crippen LogP contribution is 2.29. The van der Waals surface area contributed by atoms with Crippen LogP contribution in [0.2, 0.25) is 0 Å². The number of thiocarbonyl (C=S) groups is 2. The van der Waals surface area contributed by atoms with Gasteiger partial charge in [0.1, 0.15) is 11.5 Å². The number of nitrogens with zero attached hydrogens (tertiary/aromatic N) is 4. The van der Waals surface area contributed by atoms with Crippen LogP contribution in [0.1, 0.15) is 93.9 Å². The molecule has 230 valence electrons. The van der Waals surface area contributed by atoms with Crippen molar-refractivity contribution in [1.82, 2.24) is 0 Å². The van der Waals surface area contributed by atoms with Crippen LogP contribution in [0.25, 0.3) is 0 Å². The zero-order valence-corrected chi connectivity index (χ0v) is 27.4. The van der Waals surface area contributed by atoms with E-state index in [0.717, 1.165) is 0 Å². The number of carbonyl (C=O) groups excluding carboxylic acids is 2. The molecule has 42 heavy (non-hydrogen) atoms. The maximum absolute atomic E-state index is 12.5. The molecule has 2 aliphatic carbocycles. The summed E-state index contributed by atoms with van der Waals surface area (Å²) < 4.78 is 12.2. The van der Waals surface area contributed by atoms with Crippen LogP contribution in [0.15, 0.2) is 68.4 Å². The molecule has 2 unspecified atom stereocenters. The molecule has 0 fully saturated rings. The van der Waals surface area contributed by atoms with E-state index in [1.54, 1.807) is 26.0 Å². The van der Waals surface area contributed by atoms with E-state index in [2.05, 4.69) is 20.5 Å². The van der Waals surface area contributed by atoms with Crippen LogP contribution in [0.5, 0.6) is 0 Å². The van der Waals surface area contributed by atoms with E-state index in [9.17, 15) is 9.59 Å². The van der Waals surface area contributed by atoms with E-state index < -0.39 is 34.5 Å². The van der Waals surface area contributed by atoms with Crippen molar-refractivity contribution in [3.63, 3.8) is 0 Å². The van der Waals surface area contributed by atoms with Crippen molar-refractivity contribution in [2.24, 2.45) is 20.5 Å². The molecule has 0 N–H and O–H groups in total. The molecule has 0 aromatic carbocycles. The summed E-state index contributed by atoms with van der Waals surface area (Å²) in [6, 6.07) is 0. The first kappa shape index (κ1) is 35.1. The molecule has 10 nitrogen and oxygen atoms in total. The monoisotopic (exact) mass is 618 g/mol. The summed E-state index contributed by atoms with van der Waals surface area (Å²) >= 11 is 10.8. The van der Waals surface area contributed by atoms with Gasteiger partial charge in [0, 0.05) is 25.7 Å². The van der Waals surface area contributed by atoms with Gasteiger partial charge >= 0.3 is 11.9 Å². The SMILES string of the molecule is CC(C)(C)N=NC(C)(CCC(=O)OOC(=O)CCC(C)(N=NC(C)(C)C)OC1=CC=CCC1=S)OC1=CC=CCC1=S. The molecule has 0 aromatic rings. The van der Waals surface area contributed by atoms with E-state index in [-0.39, 0.29) is 25.7 Å². The molecule has 2 aliphatic rings. The normalized spacial score (nSPS) is 18.8. The number of hydrogen-bond donors (Lipinski definition) is 0. The molecular weight excluding hydrogens is 576 g/mol. The van der Waals surface area contributed by atoms with E-state index in [1.165, 1.54) is 0 Å². The number of ether oxygens (including phenoxy) is 2. The number of hydrogen-bond acceptors (Lipinski definition) is 12.